The van der Waals surface area contributed by atoms with E-state index in [9.17, 15) is 14.9 Å². The monoisotopic (exact) mass is 343 g/mol. The van der Waals surface area contributed by atoms with E-state index in [2.05, 4.69) is 0 Å². The molecule has 0 saturated heterocycles. The fraction of sp³-hybridized carbons (Fsp3) is 0.278. The molecule has 1 aliphatic heterocycles. The average Bonchev–Trinajstić information content (AvgIpc) is 2.62. The van der Waals surface area contributed by atoms with Crippen molar-refractivity contribution in [1.29, 1.82) is 0 Å². The Morgan fingerprint density at radius 2 is 1.88 bits per heavy atom. The van der Waals surface area contributed by atoms with E-state index >= 15 is 0 Å². The molecule has 7 nitrogen and oxygen atoms in total. The number of nitro benzene ring substituents is 1. The normalized spacial score (nSPS) is 13.8. The molecule has 130 valence electrons. The number of fused-ring (bicyclic) bond motifs is 1. The number of carbonyl (C=O) groups excluding carboxylic acids is 1. The molecule has 2 aromatic rings. The van der Waals surface area contributed by atoms with E-state index in [0.29, 0.717) is 30.3 Å². The van der Waals surface area contributed by atoms with Gasteiger partial charge in [-0.25, -0.2) is 0 Å². The minimum Gasteiger partial charge on any atom is -0.486 e. The van der Waals surface area contributed by atoms with E-state index in [1.165, 1.54) is 12.1 Å². The number of hydrogen-bond donors (Lipinski definition) is 0. The number of nitro groups is 1. The van der Waals surface area contributed by atoms with Crippen LogP contribution in [0.25, 0.3) is 0 Å². The van der Waals surface area contributed by atoms with Crippen LogP contribution in [0.2, 0.25) is 0 Å². The molecule has 0 aliphatic carbocycles. The maximum Gasteiger partial charge on any atom is 0.318 e. The summed E-state index contributed by atoms with van der Waals surface area (Å²) in [6.07, 6.45) is 0. The number of ether oxygens (including phenoxy) is 3. The van der Waals surface area contributed by atoms with Crippen molar-refractivity contribution in [2.75, 3.05) is 13.2 Å². The van der Waals surface area contributed by atoms with Crippen LogP contribution in [0.15, 0.2) is 36.4 Å². The molecule has 25 heavy (non-hydrogen) atoms. The Morgan fingerprint density at radius 3 is 2.60 bits per heavy atom. The molecule has 1 atom stereocenters. The number of hydrogen-bond acceptors (Lipinski definition) is 6. The van der Waals surface area contributed by atoms with E-state index in [0.717, 1.165) is 5.56 Å². The van der Waals surface area contributed by atoms with Crippen molar-refractivity contribution in [1.82, 2.24) is 0 Å². The first kappa shape index (κ1) is 16.8. The summed E-state index contributed by atoms with van der Waals surface area (Å²) >= 11 is 0. The van der Waals surface area contributed by atoms with Crippen molar-refractivity contribution in [3.05, 3.63) is 57.6 Å². The molecule has 0 N–H and O–H groups in total. The summed E-state index contributed by atoms with van der Waals surface area (Å²) in [5.41, 5.74) is 1.24. The lowest BCUT2D eigenvalue weighted by Gasteiger charge is -2.20. The Labute approximate surface area is 144 Å². The molecule has 2 aromatic carbocycles. The number of esters is 1. The predicted molar refractivity (Wildman–Crippen MR) is 89.3 cm³/mol. The third kappa shape index (κ3) is 3.55. The highest BCUT2D eigenvalue weighted by molar-refractivity contribution is 5.80. The average molecular weight is 343 g/mol. The number of rotatable bonds is 4. The number of aryl methyl sites for hydroxylation is 1. The first-order valence-corrected chi connectivity index (χ1v) is 7.82. The highest BCUT2D eigenvalue weighted by Gasteiger charge is 2.22. The predicted octanol–water partition coefficient (Wildman–Crippen LogP) is 3.38. The Kier molecular flexibility index (Phi) is 4.56. The van der Waals surface area contributed by atoms with Gasteiger partial charge in [-0.3, -0.25) is 14.9 Å². The second kappa shape index (κ2) is 6.80. The van der Waals surface area contributed by atoms with Crippen LogP contribution in [0.4, 0.5) is 5.69 Å². The Hall–Kier alpha value is -3.09. The minimum absolute atomic E-state index is 0.125. The summed E-state index contributed by atoms with van der Waals surface area (Å²) in [5.74, 6) is 0.360. The van der Waals surface area contributed by atoms with Gasteiger partial charge in [0.25, 0.3) is 5.69 Å². The van der Waals surface area contributed by atoms with Gasteiger partial charge in [-0.1, -0.05) is 6.07 Å². The first-order chi connectivity index (χ1) is 12.0. The zero-order valence-corrected chi connectivity index (χ0v) is 13.9. The number of nitrogens with zero attached hydrogens (tertiary/aromatic N) is 1. The highest BCUT2D eigenvalue weighted by Crippen LogP contribution is 2.34. The van der Waals surface area contributed by atoms with Crippen molar-refractivity contribution in [3.8, 4) is 17.2 Å². The topological polar surface area (TPSA) is 87.9 Å². The summed E-state index contributed by atoms with van der Waals surface area (Å²) < 4.78 is 16.4. The van der Waals surface area contributed by atoms with Gasteiger partial charge < -0.3 is 14.2 Å². The second-order valence-electron chi connectivity index (χ2n) is 5.75. The van der Waals surface area contributed by atoms with Gasteiger partial charge >= 0.3 is 5.97 Å². The zero-order valence-electron chi connectivity index (χ0n) is 13.9. The van der Waals surface area contributed by atoms with Gasteiger partial charge in [0.1, 0.15) is 19.0 Å². The summed E-state index contributed by atoms with van der Waals surface area (Å²) in [4.78, 5) is 22.8. The first-order valence-electron chi connectivity index (χ1n) is 7.82. The molecule has 0 aromatic heterocycles. The smallest absolute Gasteiger partial charge is 0.318 e. The van der Waals surface area contributed by atoms with E-state index in [4.69, 9.17) is 14.2 Å². The largest absolute Gasteiger partial charge is 0.486 e. The summed E-state index contributed by atoms with van der Waals surface area (Å²) in [7, 11) is 0. The van der Waals surface area contributed by atoms with Crippen LogP contribution in [0.3, 0.4) is 0 Å². The second-order valence-corrected chi connectivity index (χ2v) is 5.75. The van der Waals surface area contributed by atoms with Gasteiger partial charge in [0, 0.05) is 6.07 Å². The molecule has 1 aliphatic rings. The van der Waals surface area contributed by atoms with E-state index < -0.39 is 16.8 Å². The molecule has 1 unspecified atom stereocenters. The minimum atomic E-state index is -0.561. The lowest BCUT2D eigenvalue weighted by Crippen LogP contribution is -2.18. The van der Waals surface area contributed by atoms with Gasteiger partial charge in [0.2, 0.25) is 0 Å². The third-order valence-electron chi connectivity index (χ3n) is 4.01. The van der Waals surface area contributed by atoms with Crippen molar-refractivity contribution >= 4 is 11.7 Å². The Morgan fingerprint density at radius 1 is 1.16 bits per heavy atom. The van der Waals surface area contributed by atoms with Crippen molar-refractivity contribution in [2.45, 2.75) is 19.8 Å². The molecule has 7 heteroatoms. The molecule has 1 heterocycles. The third-order valence-corrected chi connectivity index (χ3v) is 4.01. The lowest BCUT2D eigenvalue weighted by atomic mass is 10.0. The van der Waals surface area contributed by atoms with E-state index in [1.807, 2.05) is 0 Å². The molecule has 0 spiro atoms. The molecule has 0 fully saturated rings. The standard InChI is InChI=1S/C18H17NO6/c1-11-3-5-14(19(21)22)10-16(11)25-18(20)12(2)13-4-6-15-17(9-13)24-8-7-23-15/h3-6,9-10,12H,7-8H2,1-2H3. The summed E-state index contributed by atoms with van der Waals surface area (Å²) in [6, 6.07) is 9.46. The van der Waals surface area contributed by atoms with Gasteiger partial charge in [0.15, 0.2) is 11.5 Å². The molecule has 0 saturated carbocycles. The van der Waals surface area contributed by atoms with Crippen LogP contribution >= 0.6 is 0 Å². The van der Waals surface area contributed by atoms with Crippen LogP contribution in [0.1, 0.15) is 24.0 Å². The van der Waals surface area contributed by atoms with Crippen molar-refractivity contribution < 1.29 is 23.9 Å². The van der Waals surface area contributed by atoms with Gasteiger partial charge in [-0.15, -0.1) is 0 Å². The zero-order chi connectivity index (χ0) is 18.0. The van der Waals surface area contributed by atoms with Crippen LogP contribution in [-0.4, -0.2) is 24.1 Å². The lowest BCUT2D eigenvalue weighted by molar-refractivity contribution is -0.384. The summed E-state index contributed by atoms with van der Waals surface area (Å²) in [6.45, 7) is 4.39. The van der Waals surface area contributed by atoms with Gasteiger partial charge in [-0.2, -0.15) is 0 Å². The fourth-order valence-corrected chi connectivity index (χ4v) is 2.47. The maximum absolute atomic E-state index is 12.5. The Bertz CT molecular complexity index is 832. The molecule has 0 radical (unpaired) electrons. The maximum atomic E-state index is 12.5. The van der Waals surface area contributed by atoms with Crippen LogP contribution in [0.5, 0.6) is 17.2 Å². The molecular formula is C18H17NO6. The van der Waals surface area contributed by atoms with Crippen LogP contribution < -0.4 is 14.2 Å². The molecule has 0 bridgehead atoms. The van der Waals surface area contributed by atoms with Crippen LogP contribution in [-0.2, 0) is 4.79 Å². The highest BCUT2D eigenvalue weighted by atomic mass is 16.6. The molecule has 0 amide bonds. The Balaban J connectivity index is 1.79. The summed E-state index contributed by atoms with van der Waals surface area (Å²) in [5, 5.41) is 10.9. The number of carbonyl (C=O) groups is 1. The van der Waals surface area contributed by atoms with Crippen molar-refractivity contribution in [3.63, 3.8) is 0 Å². The van der Waals surface area contributed by atoms with Crippen LogP contribution in [0, 0.1) is 17.0 Å². The fourth-order valence-electron chi connectivity index (χ4n) is 2.47. The molecular weight excluding hydrogens is 326 g/mol. The van der Waals surface area contributed by atoms with Gasteiger partial charge in [0.05, 0.1) is 16.9 Å². The van der Waals surface area contributed by atoms with E-state index in [-0.39, 0.29) is 11.4 Å². The van der Waals surface area contributed by atoms with Gasteiger partial charge in [-0.05, 0) is 43.2 Å². The molecule has 3 rings (SSSR count). The van der Waals surface area contributed by atoms with E-state index in [1.54, 1.807) is 38.1 Å². The number of benzene rings is 2. The quantitative estimate of drug-likeness (QED) is 0.366. The van der Waals surface area contributed by atoms with Crippen molar-refractivity contribution in [2.24, 2.45) is 0 Å². The number of non-ortho nitro benzene ring substituents is 1. The SMILES string of the molecule is Cc1ccc([N+](=O)[O-])cc1OC(=O)C(C)c1ccc2c(c1)OCCO2.